The van der Waals surface area contributed by atoms with Crippen molar-refractivity contribution in [1.82, 2.24) is 4.57 Å². The van der Waals surface area contributed by atoms with Crippen molar-refractivity contribution in [2.24, 2.45) is 0 Å². The largest absolute Gasteiger partial charge is 0.341 e. The van der Waals surface area contributed by atoms with Crippen LogP contribution >= 0.6 is 0 Å². The Kier molecular flexibility index (Phi) is 3.43. The van der Waals surface area contributed by atoms with Gasteiger partial charge in [0.15, 0.2) is 5.78 Å². The first-order valence-corrected chi connectivity index (χ1v) is 5.94. The van der Waals surface area contributed by atoms with E-state index in [-0.39, 0.29) is 5.78 Å². The Hall–Kier alpha value is -1.83. The van der Waals surface area contributed by atoms with Gasteiger partial charge >= 0.3 is 0 Å². The summed E-state index contributed by atoms with van der Waals surface area (Å²) < 4.78 is 1.99. The van der Waals surface area contributed by atoms with Crippen molar-refractivity contribution in [2.45, 2.75) is 26.8 Å². The number of aromatic nitrogens is 1. The zero-order chi connectivity index (χ0) is 12.3. The SMILES string of the molecule is CCc1ccc(Cn2cccc2C(C)=O)cc1. The molecule has 0 aliphatic carbocycles. The minimum atomic E-state index is 0.111. The normalized spacial score (nSPS) is 10.5. The first-order valence-electron chi connectivity index (χ1n) is 5.94. The lowest BCUT2D eigenvalue weighted by Gasteiger charge is -2.07. The zero-order valence-corrected chi connectivity index (χ0v) is 10.3. The van der Waals surface area contributed by atoms with Gasteiger partial charge in [-0.05, 0) is 29.7 Å². The van der Waals surface area contributed by atoms with E-state index in [1.807, 2.05) is 22.9 Å². The van der Waals surface area contributed by atoms with Crippen LogP contribution < -0.4 is 0 Å². The number of carbonyl (C=O) groups is 1. The fourth-order valence-corrected chi connectivity index (χ4v) is 1.95. The molecule has 0 atom stereocenters. The van der Waals surface area contributed by atoms with E-state index in [0.29, 0.717) is 0 Å². The van der Waals surface area contributed by atoms with Gasteiger partial charge < -0.3 is 4.57 Å². The molecule has 17 heavy (non-hydrogen) atoms. The van der Waals surface area contributed by atoms with Crippen LogP contribution in [0.2, 0.25) is 0 Å². The average Bonchev–Trinajstić information content (AvgIpc) is 2.78. The molecule has 0 aliphatic heterocycles. The van der Waals surface area contributed by atoms with Crippen LogP contribution in [0, 0.1) is 0 Å². The lowest BCUT2D eigenvalue weighted by molar-refractivity contribution is 0.100. The molecule has 0 amide bonds. The molecule has 0 N–H and O–H groups in total. The van der Waals surface area contributed by atoms with Gasteiger partial charge in [0.25, 0.3) is 0 Å². The standard InChI is InChI=1S/C15H17NO/c1-3-13-6-8-14(9-7-13)11-16-10-4-5-15(16)12(2)17/h4-10H,3,11H2,1-2H3. The molecule has 0 saturated heterocycles. The fraction of sp³-hybridized carbons (Fsp3) is 0.267. The van der Waals surface area contributed by atoms with Gasteiger partial charge in [-0.15, -0.1) is 0 Å². The third-order valence-electron chi connectivity index (χ3n) is 2.97. The number of nitrogens with zero attached hydrogens (tertiary/aromatic N) is 1. The van der Waals surface area contributed by atoms with Gasteiger partial charge in [-0.1, -0.05) is 31.2 Å². The van der Waals surface area contributed by atoms with Crippen LogP contribution in [0.3, 0.4) is 0 Å². The van der Waals surface area contributed by atoms with E-state index in [0.717, 1.165) is 18.7 Å². The Morgan fingerprint density at radius 1 is 1.12 bits per heavy atom. The average molecular weight is 227 g/mol. The highest BCUT2D eigenvalue weighted by molar-refractivity contribution is 5.92. The molecule has 2 nitrogen and oxygen atoms in total. The molecule has 0 fully saturated rings. The second-order valence-electron chi connectivity index (χ2n) is 4.25. The Morgan fingerprint density at radius 2 is 1.76 bits per heavy atom. The van der Waals surface area contributed by atoms with Gasteiger partial charge in [0.1, 0.15) is 0 Å². The highest BCUT2D eigenvalue weighted by atomic mass is 16.1. The molecule has 0 aliphatic rings. The lowest BCUT2D eigenvalue weighted by atomic mass is 10.1. The van der Waals surface area contributed by atoms with Crippen molar-refractivity contribution in [3.05, 3.63) is 59.4 Å². The number of Topliss-reactive ketones (excluding diaryl/α,β-unsaturated/α-hetero) is 1. The summed E-state index contributed by atoms with van der Waals surface area (Å²) in [4.78, 5) is 11.4. The summed E-state index contributed by atoms with van der Waals surface area (Å²) in [5.74, 6) is 0.111. The first-order chi connectivity index (χ1) is 8.20. The van der Waals surface area contributed by atoms with Crippen LogP contribution in [0.5, 0.6) is 0 Å². The molecule has 1 aromatic carbocycles. The Morgan fingerprint density at radius 3 is 2.35 bits per heavy atom. The monoisotopic (exact) mass is 227 g/mol. The van der Waals surface area contributed by atoms with Crippen molar-refractivity contribution in [3.63, 3.8) is 0 Å². The summed E-state index contributed by atoms with van der Waals surface area (Å²) in [5, 5.41) is 0. The van der Waals surface area contributed by atoms with Gasteiger partial charge in [0, 0.05) is 19.7 Å². The molecular weight excluding hydrogens is 210 g/mol. The van der Waals surface area contributed by atoms with Crippen molar-refractivity contribution < 1.29 is 4.79 Å². The Bertz CT molecular complexity index is 508. The van der Waals surface area contributed by atoms with E-state index in [4.69, 9.17) is 0 Å². The molecule has 0 spiro atoms. The summed E-state index contributed by atoms with van der Waals surface area (Å²) in [6.45, 7) is 4.51. The summed E-state index contributed by atoms with van der Waals surface area (Å²) in [5.41, 5.74) is 3.33. The maximum absolute atomic E-state index is 11.4. The van der Waals surface area contributed by atoms with Crippen LogP contribution in [0.4, 0.5) is 0 Å². The summed E-state index contributed by atoms with van der Waals surface area (Å²) >= 11 is 0. The topological polar surface area (TPSA) is 22.0 Å². The van der Waals surface area contributed by atoms with Gasteiger partial charge in [0.2, 0.25) is 0 Å². The Labute approximate surface area is 102 Å². The maximum Gasteiger partial charge on any atom is 0.176 e. The molecule has 1 aromatic heterocycles. The zero-order valence-electron chi connectivity index (χ0n) is 10.3. The highest BCUT2D eigenvalue weighted by Crippen LogP contribution is 2.10. The minimum Gasteiger partial charge on any atom is -0.341 e. The fourth-order valence-electron chi connectivity index (χ4n) is 1.95. The van der Waals surface area contributed by atoms with Crippen molar-refractivity contribution in [2.75, 3.05) is 0 Å². The molecule has 0 bridgehead atoms. The molecule has 2 aromatic rings. The summed E-state index contributed by atoms with van der Waals surface area (Å²) in [7, 11) is 0. The number of benzene rings is 1. The van der Waals surface area contributed by atoms with Gasteiger partial charge in [-0.25, -0.2) is 0 Å². The molecule has 1 heterocycles. The van der Waals surface area contributed by atoms with E-state index in [2.05, 4.69) is 31.2 Å². The molecule has 88 valence electrons. The van der Waals surface area contributed by atoms with Crippen molar-refractivity contribution >= 4 is 5.78 Å². The van der Waals surface area contributed by atoms with Crippen LogP contribution in [0.25, 0.3) is 0 Å². The smallest absolute Gasteiger partial charge is 0.176 e. The van der Waals surface area contributed by atoms with Gasteiger partial charge in [-0.2, -0.15) is 0 Å². The quantitative estimate of drug-likeness (QED) is 0.734. The number of aryl methyl sites for hydroxylation is 1. The van der Waals surface area contributed by atoms with Crippen molar-refractivity contribution in [3.8, 4) is 0 Å². The van der Waals surface area contributed by atoms with E-state index in [1.165, 1.54) is 11.1 Å². The second-order valence-corrected chi connectivity index (χ2v) is 4.25. The van der Waals surface area contributed by atoms with Gasteiger partial charge in [0.05, 0.1) is 5.69 Å². The molecule has 0 saturated carbocycles. The first kappa shape index (κ1) is 11.6. The minimum absolute atomic E-state index is 0.111. The van der Waals surface area contributed by atoms with Crippen molar-refractivity contribution in [1.29, 1.82) is 0 Å². The number of ketones is 1. The number of hydrogen-bond donors (Lipinski definition) is 0. The number of hydrogen-bond acceptors (Lipinski definition) is 1. The third kappa shape index (κ3) is 2.64. The highest BCUT2D eigenvalue weighted by Gasteiger charge is 2.05. The maximum atomic E-state index is 11.4. The second kappa shape index (κ2) is 5.00. The summed E-state index contributed by atoms with van der Waals surface area (Å²) in [6, 6.07) is 12.3. The Balaban J connectivity index is 2.19. The molecule has 0 unspecified atom stereocenters. The lowest BCUT2D eigenvalue weighted by Crippen LogP contribution is -2.06. The third-order valence-corrected chi connectivity index (χ3v) is 2.97. The molecule has 2 rings (SSSR count). The van der Waals surface area contributed by atoms with Crippen LogP contribution in [-0.4, -0.2) is 10.4 Å². The number of carbonyl (C=O) groups excluding carboxylic acids is 1. The summed E-state index contributed by atoms with van der Waals surface area (Å²) in [6.07, 6.45) is 3.01. The van der Waals surface area contributed by atoms with Gasteiger partial charge in [-0.3, -0.25) is 4.79 Å². The molecular formula is C15H17NO. The molecule has 2 heteroatoms. The van der Waals surface area contributed by atoms with Crippen LogP contribution in [-0.2, 0) is 13.0 Å². The van der Waals surface area contributed by atoms with Crippen LogP contribution in [0.1, 0.15) is 35.5 Å². The van der Waals surface area contributed by atoms with E-state index in [9.17, 15) is 4.79 Å². The van der Waals surface area contributed by atoms with E-state index >= 15 is 0 Å². The number of rotatable bonds is 4. The molecule has 0 radical (unpaired) electrons. The predicted molar refractivity (Wildman–Crippen MR) is 69.4 cm³/mol. The van der Waals surface area contributed by atoms with E-state index in [1.54, 1.807) is 6.92 Å². The van der Waals surface area contributed by atoms with E-state index < -0.39 is 0 Å². The van der Waals surface area contributed by atoms with Crippen LogP contribution in [0.15, 0.2) is 42.6 Å². The predicted octanol–water partition coefficient (Wildman–Crippen LogP) is 3.30.